The first-order valence-electron chi connectivity index (χ1n) is 7.04. The van der Waals surface area contributed by atoms with Crippen LogP contribution in [0.4, 0.5) is 14.5 Å². The highest BCUT2D eigenvalue weighted by Crippen LogP contribution is 2.40. The van der Waals surface area contributed by atoms with E-state index in [0.29, 0.717) is 22.8 Å². The lowest BCUT2D eigenvalue weighted by Gasteiger charge is -2.07. The highest BCUT2D eigenvalue weighted by atomic mass is 19.3. The van der Waals surface area contributed by atoms with Crippen LogP contribution in [-0.4, -0.2) is 20.8 Å². The minimum absolute atomic E-state index is 0.226. The van der Waals surface area contributed by atoms with Crippen LogP contribution in [0.2, 0.25) is 0 Å². The van der Waals surface area contributed by atoms with E-state index in [1.165, 1.54) is 6.07 Å². The van der Waals surface area contributed by atoms with Crippen molar-refractivity contribution < 1.29 is 18.1 Å². The van der Waals surface area contributed by atoms with E-state index in [1.54, 1.807) is 13.8 Å². The minimum Gasteiger partial charge on any atom is -0.359 e. The first-order chi connectivity index (χ1) is 10.5. The van der Waals surface area contributed by atoms with Gasteiger partial charge in [0.05, 0.1) is 5.69 Å². The lowest BCUT2D eigenvalue weighted by molar-refractivity contribution is -0.117. The van der Waals surface area contributed by atoms with Gasteiger partial charge in [-0.05, 0) is 32.8 Å². The van der Waals surface area contributed by atoms with Gasteiger partial charge in [0.1, 0.15) is 23.6 Å². The van der Waals surface area contributed by atoms with Gasteiger partial charge in [0.2, 0.25) is 5.91 Å². The molecule has 0 unspecified atom stereocenters. The molecule has 1 aliphatic rings. The number of hydrogen-bond donors (Lipinski definition) is 1. The molecule has 0 spiro atoms. The van der Waals surface area contributed by atoms with Crippen molar-refractivity contribution in [1.29, 1.82) is 0 Å². The Morgan fingerprint density at radius 1 is 1.50 bits per heavy atom. The highest BCUT2D eigenvalue weighted by Gasteiger charge is 2.29. The Hall–Kier alpha value is -2.25. The number of hydrogen-bond acceptors (Lipinski definition) is 4. The largest absolute Gasteiger partial charge is 0.359 e. The van der Waals surface area contributed by atoms with E-state index < -0.39 is 12.3 Å². The Bertz CT molecular complexity index is 684. The standard InChI is InChI=1S/C14H16F2N4O2/c1-7-13(8(2)22-19-7)17-12(21)6-20-11(14(15)16)5-10(18-20)9-3-4-9/h5,9,14H,3-4,6H2,1-2H3,(H,17,21). The first kappa shape index (κ1) is 14.7. The molecule has 2 aromatic rings. The zero-order chi connectivity index (χ0) is 15.9. The van der Waals surface area contributed by atoms with Crippen LogP contribution in [0.1, 0.15) is 48.0 Å². The van der Waals surface area contributed by atoms with E-state index in [4.69, 9.17) is 4.52 Å². The van der Waals surface area contributed by atoms with Crippen LogP contribution in [-0.2, 0) is 11.3 Å². The number of aromatic nitrogens is 3. The SMILES string of the molecule is Cc1noc(C)c1NC(=O)Cn1nc(C2CC2)cc1C(F)F. The number of alkyl halides is 2. The van der Waals surface area contributed by atoms with Gasteiger partial charge in [-0.2, -0.15) is 5.10 Å². The van der Waals surface area contributed by atoms with Crippen LogP contribution >= 0.6 is 0 Å². The Balaban J connectivity index is 1.76. The third-order valence-electron chi connectivity index (χ3n) is 3.64. The summed E-state index contributed by atoms with van der Waals surface area (Å²) >= 11 is 0. The van der Waals surface area contributed by atoms with Gasteiger partial charge in [-0.1, -0.05) is 5.16 Å². The van der Waals surface area contributed by atoms with Gasteiger partial charge in [-0.15, -0.1) is 0 Å². The molecule has 1 N–H and O–H groups in total. The molecular formula is C14H16F2N4O2. The van der Waals surface area contributed by atoms with Crippen molar-refractivity contribution in [2.45, 2.75) is 45.6 Å². The zero-order valence-corrected chi connectivity index (χ0v) is 12.3. The molecular weight excluding hydrogens is 294 g/mol. The summed E-state index contributed by atoms with van der Waals surface area (Å²) in [4.78, 5) is 12.1. The number of amides is 1. The summed E-state index contributed by atoms with van der Waals surface area (Å²) in [6.07, 6.45) is -0.734. The van der Waals surface area contributed by atoms with Crippen molar-refractivity contribution in [3.8, 4) is 0 Å². The predicted molar refractivity (Wildman–Crippen MR) is 73.8 cm³/mol. The number of carbonyl (C=O) groups excluding carboxylic acids is 1. The predicted octanol–water partition coefficient (Wildman–Crippen LogP) is 2.94. The van der Waals surface area contributed by atoms with Gasteiger partial charge in [0.15, 0.2) is 5.76 Å². The monoisotopic (exact) mass is 310 g/mol. The van der Waals surface area contributed by atoms with Crippen molar-refractivity contribution in [2.75, 3.05) is 5.32 Å². The van der Waals surface area contributed by atoms with Crippen LogP contribution in [0.3, 0.4) is 0 Å². The summed E-state index contributed by atoms with van der Waals surface area (Å²) in [5, 5.41) is 10.5. The van der Waals surface area contributed by atoms with Crippen molar-refractivity contribution in [3.05, 3.63) is 28.9 Å². The topological polar surface area (TPSA) is 73.0 Å². The summed E-state index contributed by atoms with van der Waals surface area (Å²) < 4.78 is 32.1. The average molecular weight is 310 g/mol. The number of carbonyl (C=O) groups is 1. The van der Waals surface area contributed by atoms with Gasteiger partial charge in [0.25, 0.3) is 6.43 Å². The summed E-state index contributed by atoms with van der Waals surface area (Å²) in [5.74, 6) is 0.283. The molecule has 2 aromatic heterocycles. The van der Waals surface area contributed by atoms with Gasteiger partial charge >= 0.3 is 0 Å². The highest BCUT2D eigenvalue weighted by molar-refractivity contribution is 5.91. The fraction of sp³-hybridized carbons (Fsp3) is 0.500. The molecule has 1 aliphatic carbocycles. The normalized spacial score (nSPS) is 14.6. The van der Waals surface area contributed by atoms with Gasteiger partial charge in [0, 0.05) is 5.92 Å². The lowest BCUT2D eigenvalue weighted by Crippen LogP contribution is -2.21. The number of anilines is 1. The maximum absolute atomic E-state index is 13.1. The van der Waals surface area contributed by atoms with E-state index in [1.807, 2.05) is 0 Å². The fourth-order valence-electron chi connectivity index (χ4n) is 2.31. The Morgan fingerprint density at radius 3 is 2.77 bits per heavy atom. The van der Waals surface area contributed by atoms with E-state index in [0.717, 1.165) is 17.5 Å². The fourth-order valence-corrected chi connectivity index (χ4v) is 2.31. The molecule has 8 heteroatoms. The maximum Gasteiger partial charge on any atom is 0.280 e. The quantitative estimate of drug-likeness (QED) is 0.921. The van der Waals surface area contributed by atoms with E-state index in [-0.39, 0.29) is 18.2 Å². The summed E-state index contributed by atoms with van der Waals surface area (Å²) in [6, 6.07) is 1.39. The number of nitrogens with zero attached hydrogens (tertiary/aromatic N) is 3. The third kappa shape index (κ3) is 2.86. The molecule has 2 heterocycles. The van der Waals surface area contributed by atoms with E-state index in [2.05, 4.69) is 15.6 Å². The second kappa shape index (κ2) is 5.51. The molecule has 0 radical (unpaired) electrons. The van der Waals surface area contributed by atoms with Gasteiger partial charge in [-0.25, -0.2) is 8.78 Å². The van der Waals surface area contributed by atoms with Crippen molar-refractivity contribution in [1.82, 2.24) is 14.9 Å². The van der Waals surface area contributed by atoms with E-state index >= 15 is 0 Å². The molecule has 3 rings (SSSR count). The Kier molecular flexibility index (Phi) is 3.67. The number of halogens is 2. The van der Waals surface area contributed by atoms with Crippen LogP contribution in [0.5, 0.6) is 0 Å². The maximum atomic E-state index is 13.1. The Morgan fingerprint density at radius 2 is 2.23 bits per heavy atom. The molecule has 0 bridgehead atoms. The van der Waals surface area contributed by atoms with Gasteiger partial charge < -0.3 is 9.84 Å². The smallest absolute Gasteiger partial charge is 0.280 e. The molecule has 0 aliphatic heterocycles. The summed E-state index contributed by atoms with van der Waals surface area (Å²) in [7, 11) is 0. The second-order valence-electron chi connectivity index (χ2n) is 5.47. The van der Waals surface area contributed by atoms with Crippen molar-refractivity contribution in [3.63, 3.8) is 0 Å². The lowest BCUT2D eigenvalue weighted by atomic mass is 10.3. The Labute approximate surface area is 125 Å². The summed E-state index contributed by atoms with van der Waals surface area (Å²) in [5.41, 5.74) is 1.42. The van der Waals surface area contributed by atoms with E-state index in [9.17, 15) is 13.6 Å². The number of aryl methyl sites for hydroxylation is 2. The molecule has 0 saturated heterocycles. The molecule has 1 fully saturated rings. The molecule has 1 saturated carbocycles. The average Bonchev–Trinajstić information content (AvgIpc) is 3.16. The van der Waals surface area contributed by atoms with Crippen molar-refractivity contribution >= 4 is 11.6 Å². The molecule has 0 atom stereocenters. The molecule has 0 aromatic carbocycles. The number of nitrogens with one attached hydrogen (secondary N) is 1. The molecule has 22 heavy (non-hydrogen) atoms. The molecule has 1 amide bonds. The summed E-state index contributed by atoms with van der Waals surface area (Å²) in [6.45, 7) is 3.09. The second-order valence-corrected chi connectivity index (χ2v) is 5.47. The van der Waals surface area contributed by atoms with Crippen LogP contribution < -0.4 is 5.32 Å². The van der Waals surface area contributed by atoms with Crippen LogP contribution in [0.15, 0.2) is 10.6 Å². The van der Waals surface area contributed by atoms with Gasteiger partial charge in [-0.3, -0.25) is 9.48 Å². The minimum atomic E-state index is -2.66. The van der Waals surface area contributed by atoms with Crippen LogP contribution in [0.25, 0.3) is 0 Å². The first-order valence-corrected chi connectivity index (χ1v) is 7.04. The molecule has 6 nitrogen and oxygen atoms in total. The molecule has 118 valence electrons. The van der Waals surface area contributed by atoms with Crippen LogP contribution in [0, 0.1) is 13.8 Å². The number of rotatable bonds is 5. The third-order valence-corrected chi connectivity index (χ3v) is 3.64. The van der Waals surface area contributed by atoms with Crippen molar-refractivity contribution in [2.24, 2.45) is 0 Å². The zero-order valence-electron chi connectivity index (χ0n) is 12.3.